The summed E-state index contributed by atoms with van der Waals surface area (Å²) in [5.74, 6) is 0.869. The molecule has 4 rings (SSSR count). The number of hydrogen-bond acceptors (Lipinski definition) is 6. The molecule has 1 aliphatic heterocycles. The number of aliphatic hydroxyl groups is 1. The van der Waals surface area contributed by atoms with Gasteiger partial charge >= 0.3 is 0 Å². The number of pyridine rings is 1. The Kier molecular flexibility index (Phi) is 9.37. The Morgan fingerprint density at radius 1 is 1.09 bits per heavy atom. The van der Waals surface area contributed by atoms with E-state index in [1.807, 2.05) is 41.3 Å². The number of benzene rings is 2. The molecule has 1 aromatic heterocycles. The molecular weight excluding hydrogens is 434 g/mol. The van der Waals surface area contributed by atoms with Crippen LogP contribution in [0.15, 0.2) is 60.9 Å². The van der Waals surface area contributed by atoms with Gasteiger partial charge in [-0.15, -0.1) is 0 Å². The minimum atomic E-state index is -0.611. The highest BCUT2D eigenvalue weighted by molar-refractivity contribution is 5.99. The van der Waals surface area contributed by atoms with E-state index in [-0.39, 0.29) is 19.0 Å². The second kappa shape index (κ2) is 12.7. The predicted octanol–water partition coefficient (Wildman–Crippen LogP) is 2.90. The zero-order valence-electron chi connectivity index (χ0n) is 19.3. The highest BCUT2D eigenvalue weighted by atomic mass is 16.5. The highest BCUT2D eigenvalue weighted by Gasteiger charge is 2.19. The number of amides is 1. The number of carboxylic acid groups (broad SMARTS) is 1. The third-order valence-electron chi connectivity index (χ3n) is 5.79. The van der Waals surface area contributed by atoms with Gasteiger partial charge in [0.25, 0.3) is 6.47 Å². The summed E-state index contributed by atoms with van der Waals surface area (Å²) < 4.78 is 6.13. The number of nitrogens with zero attached hydrogens (tertiary/aromatic N) is 3. The number of fused-ring (bicyclic) bond motifs is 1. The molecule has 34 heavy (non-hydrogen) atoms. The number of aliphatic hydroxyl groups excluding tert-OH is 1. The second-order valence-electron chi connectivity index (χ2n) is 8.13. The van der Waals surface area contributed by atoms with Gasteiger partial charge in [0.15, 0.2) is 0 Å². The van der Waals surface area contributed by atoms with Crippen LogP contribution >= 0.6 is 0 Å². The number of carbonyl (C=O) groups is 2. The van der Waals surface area contributed by atoms with Crippen molar-refractivity contribution in [2.45, 2.75) is 19.4 Å². The smallest absolute Gasteiger partial charge is 0.290 e. The van der Waals surface area contributed by atoms with Crippen molar-refractivity contribution >= 4 is 23.2 Å². The molecule has 2 aromatic carbocycles. The SMILES string of the molecule is CC(=O)N1CCCN(CC(O)COc2ccc3ccccc3c2-c2ccncc2)CC1.O=CO. The van der Waals surface area contributed by atoms with Crippen LogP contribution in [0.25, 0.3) is 21.9 Å². The molecule has 0 spiro atoms. The van der Waals surface area contributed by atoms with E-state index in [1.54, 1.807) is 19.3 Å². The maximum atomic E-state index is 11.6. The number of aromatic nitrogens is 1. The largest absolute Gasteiger partial charge is 0.490 e. The number of carbonyl (C=O) groups excluding carboxylic acids is 1. The van der Waals surface area contributed by atoms with E-state index in [1.165, 1.54) is 0 Å². The lowest BCUT2D eigenvalue weighted by molar-refractivity contribution is -0.128. The van der Waals surface area contributed by atoms with Gasteiger partial charge in [-0.1, -0.05) is 30.3 Å². The number of rotatable bonds is 6. The van der Waals surface area contributed by atoms with Crippen molar-refractivity contribution in [1.29, 1.82) is 0 Å². The summed E-state index contributed by atoms with van der Waals surface area (Å²) in [4.78, 5) is 28.2. The zero-order valence-corrected chi connectivity index (χ0v) is 19.3. The van der Waals surface area contributed by atoms with Crippen molar-refractivity contribution in [2.24, 2.45) is 0 Å². The van der Waals surface area contributed by atoms with E-state index in [0.29, 0.717) is 13.1 Å². The molecule has 1 saturated heterocycles. The molecule has 0 radical (unpaired) electrons. The Morgan fingerprint density at radius 2 is 1.82 bits per heavy atom. The lowest BCUT2D eigenvalue weighted by atomic mass is 9.98. The van der Waals surface area contributed by atoms with Crippen LogP contribution in [0.2, 0.25) is 0 Å². The Labute approximate surface area is 199 Å². The van der Waals surface area contributed by atoms with Crippen LogP contribution < -0.4 is 4.74 Å². The predicted molar refractivity (Wildman–Crippen MR) is 131 cm³/mol. The Balaban J connectivity index is 0.00000103. The summed E-state index contributed by atoms with van der Waals surface area (Å²) in [6, 6.07) is 16.2. The summed E-state index contributed by atoms with van der Waals surface area (Å²) in [5, 5.41) is 19.8. The van der Waals surface area contributed by atoms with Gasteiger partial charge in [-0.05, 0) is 47.5 Å². The van der Waals surface area contributed by atoms with Crippen LogP contribution in [0.4, 0.5) is 0 Å². The van der Waals surface area contributed by atoms with Crippen molar-refractivity contribution < 1.29 is 24.5 Å². The molecule has 0 bridgehead atoms. The van der Waals surface area contributed by atoms with Gasteiger partial charge in [0.2, 0.25) is 5.91 Å². The molecule has 2 heterocycles. The molecule has 0 aliphatic carbocycles. The quantitative estimate of drug-likeness (QED) is 0.540. The first-order chi connectivity index (χ1) is 16.5. The Bertz CT molecular complexity index is 1080. The third kappa shape index (κ3) is 6.76. The Hall–Kier alpha value is -3.49. The van der Waals surface area contributed by atoms with Gasteiger partial charge in [-0.2, -0.15) is 0 Å². The molecule has 1 amide bonds. The maximum Gasteiger partial charge on any atom is 0.290 e. The normalized spacial score (nSPS) is 15.1. The lowest BCUT2D eigenvalue weighted by Crippen LogP contribution is -2.38. The average Bonchev–Trinajstić information content (AvgIpc) is 3.09. The molecule has 3 aromatic rings. The van der Waals surface area contributed by atoms with Gasteiger partial charge < -0.3 is 19.8 Å². The van der Waals surface area contributed by atoms with E-state index in [2.05, 4.69) is 22.0 Å². The van der Waals surface area contributed by atoms with Crippen LogP contribution in [0.3, 0.4) is 0 Å². The molecule has 1 fully saturated rings. The van der Waals surface area contributed by atoms with Crippen molar-refractivity contribution in [3.63, 3.8) is 0 Å². The molecule has 180 valence electrons. The van der Waals surface area contributed by atoms with Gasteiger partial charge in [0.1, 0.15) is 18.5 Å². The van der Waals surface area contributed by atoms with Crippen LogP contribution in [0, 0.1) is 0 Å². The summed E-state index contributed by atoms with van der Waals surface area (Å²) in [7, 11) is 0. The van der Waals surface area contributed by atoms with E-state index < -0.39 is 6.10 Å². The summed E-state index contributed by atoms with van der Waals surface area (Å²) in [6.07, 6.45) is 3.86. The first-order valence-corrected chi connectivity index (χ1v) is 11.3. The summed E-state index contributed by atoms with van der Waals surface area (Å²) in [6.45, 7) is 5.24. The molecule has 1 aliphatic rings. The highest BCUT2D eigenvalue weighted by Crippen LogP contribution is 2.36. The van der Waals surface area contributed by atoms with Crippen molar-refractivity contribution in [3.8, 4) is 16.9 Å². The molecule has 2 N–H and O–H groups in total. The molecule has 1 atom stereocenters. The van der Waals surface area contributed by atoms with E-state index in [9.17, 15) is 9.90 Å². The lowest BCUT2D eigenvalue weighted by Gasteiger charge is -2.24. The molecule has 8 nitrogen and oxygen atoms in total. The fraction of sp³-hybridized carbons (Fsp3) is 0.346. The monoisotopic (exact) mass is 465 g/mol. The van der Waals surface area contributed by atoms with Crippen LogP contribution in [0.1, 0.15) is 13.3 Å². The first kappa shape index (κ1) is 25.1. The second-order valence-corrected chi connectivity index (χ2v) is 8.13. The first-order valence-electron chi connectivity index (χ1n) is 11.3. The third-order valence-corrected chi connectivity index (χ3v) is 5.79. The van der Waals surface area contributed by atoms with Gasteiger partial charge in [-0.25, -0.2) is 0 Å². The van der Waals surface area contributed by atoms with E-state index in [4.69, 9.17) is 14.6 Å². The Morgan fingerprint density at radius 3 is 2.56 bits per heavy atom. The van der Waals surface area contributed by atoms with Gasteiger partial charge in [-0.3, -0.25) is 19.5 Å². The van der Waals surface area contributed by atoms with Crippen molar-refractivity contribution in [3.05, 3.63) is 60.9 Å². The van der Waals surface area contributed by atoms with E-state index in [0.717, 1.165) is 53.7 Å². The van der Waals surface area contributed by atoms with Crippen LogP contribution in [0.5, 0.6) is 5.75 Å². The fourth-order valence-electron chi connectivity index (χ4n) is 4.19. The van der Waals surface area contributed by atoms with Crippen LogP contribution in [-0.2, 0) is 9.59 Å². The minimum absolute atomic E-state index is 0.116. The van der Waals surface area contributed by atoms with Gasteiger partial charge in [0.05, 0.1) is 0 Å². The minimum Gasteiger partial charge on any atom is -0.490 e. The number of ether oxygens (including phenoxy) is 1. The fourth-order valence-corrected chi connectivity index (χ4v) is 4.19. The molecule has 8 heteroatoms. The molecule has 0 saturated carbocycles. The van der Waals surface area contributed by atoms with Crippen molar-refractivity contribution in [2.75, 3.05) is 39.3 Å². The zero-order chi connectivity index (χ0) is 24.3. The summed E-state index contributed by atoms with van der Waals surface area (Å²) in [5.41, 5.74) is 2.05. The van der Waals surface area contributed by atoms with Crippen molar-refractivity contribution in [1.82, 2.24) is 14.8 Å². The van der Waals surface area contributed by atoms with Crippen LogP contribution in [-0.4, -0.2) is 82.8 Å². The molecule has 1 unspecified atom stereocenters. The maximum absolute atomic E-state index is 11.6. The average molecular weight is 466 g/mol. The number of β-amino-alcohol motifs (C(OH)–C–C–N with tert-alkyl or cyclic N) is 1. The van der Waals surface area contributed by atoms with E-state index >= 15 is 0 Å². The molecular formula is C26H31N3O5. The number of hydrogen-bond donors (Lipinski definition) is 2. The summed E-state index contributed by atoms with van der Waals surface area (Å²) >= 11 is 0. The topological polar surface area (TPSA) is 103 Å². The standard InChI is InChI=1S/C25H29N3O3.CH2O2/c1-19(29)28-14-4-13-27(15-16-28)17-22(30)18-31-24-8-7-20-5-2-3-6-23(20)25(24)21-9-11-26-12-10-21;2-1-3/h2-3,5-12,22,30H,4,13-18H2,1H3;1H,(H,2,3). The van der Waals surface area contributed by atoms with Gasteiger partial charge in [0, 0.05) is 51.1 Å².